The maximum absolute atomic E-state index is 12.0. The number of thiophene rings is 1. The number of rotatable bonds is 6. The van der Waals surface area contributed by atoms with Gasteiger partial charge in [0.05, 0.1) is 10.3 Å². The number of likely N-dealkylation sites (N-methyl/N-ethyl adjacent to an activating group) is 1. The summed E-state index contributed by atoms with van der Waals surface area (Å²) in [4.78, 5) is 13.3. The second-order valence-electron chi connectivity index (χ2n) is 3.91. The van der Waals surface area contributed by atoms with Gasteiger partial charge in [0.25, 0.3) is 10.0 Å². The van der Waals surface area contributed by atoms with Crippen molar-refractivity contribution in [2.45, 2.75) is 25.0 Å². The number of carbonyl (C=O) groups excluding carboxylic acids is 1. The van der Waals surface area contributed by atoms with Gasteiger partial charge >= 0.3 is 0 Å². The number of halogens is 1. The number of hydrogen-bond donors (Lipinski definition) is 1. The standard InChI is InChI=1S/C11H17BrN2O3S2/c1-4-14(5-2)9(15)7-13-19(16,17)10-6-8(3)11(12)18-10/h6,13H,4-5,7H2,1-3H3. The SMILES string of the molecule is CCN(CC)C(=O)CNS(=O)(=O)c1cc(C)c(Br)s1. The molecule has 8 heteroatoms. The summed E-state index contributed by atoms with van der Waals surface area (Å²) in [5.74, 6) is -0.221. The Labute approximate surface area is 126 Å². The first-order chi connectivity index (χ1) is 8.81. The Morgan fingerprint density at radius 1 is 1.42 bits per heavy atom. The molecule has 0 fully saturated rings. The molecule has 0 aliphatic carbocycles. The molecule has 0 spiro atoms. The molecule has 0 atom stereocenters. The van der Waals surface area contributed by atoms with Crippen molar-refractivity contribution in [2.75, 3.05) is 19.6 Å². The Kier molecular flexibility index (Phi) is 5.97. The number of aryl methyl sites for hydroxylation is 1. The molecule has 0 radical (unpaired) electrons. The van der Waals surface area contributed by atoms with E-state index < -0.39 is 10.0 Å². The Morgan fingerprint density at radius 3 is 2.42 bits per heavy atom. The summed E-state index contributed by atoms with van der Waals surface area (Å²) < 4.78 is 27.3. The highest BCUT2D eigenvalue weighted by Gasteiger charge is 2.20. The molecule has 0 saturated heterocycles. The second-order valence-corrected chi connectivity index (χ2v) is 8.28. The summed E-state index contributed by atoms with van der Waals surface area (Å²) in [6.45, 7) is 6.46. The second kappa shape index (κ2) is 6.83. The van der Waals surface area contributed by atoms with Gasteiger partial charge in [0.2, 0.25) is 5.91 Å². The number of nitrogens with zero attached hydrogens (tertiary/aromatic N) is 1. The van der Waals surface area contributed by atoms with E-state index in [0.717, 1.165) is 20.7 Å². The van der Waals surface area contributed by atoms with Crippen molar-refractivity contribution in [3.8, 4) is 0 Å². The Bertz CT molecular complexity index is 531. The predicted molar refractivity (Wildman–Crippen MR) is 79.9 cm³/mol. The van der Waals surface area contributed by atoms with Gasteiger partial charge < -0.3 is 4.90 Å². The van der Waals surface area contributed by atoms with E-state index in [1.165, 1.54) is 0 Å². The van der Waals surface area contributed by atoms with Crippen LogP contribution in [0.1, 0.15) is 19.4 Å². The van der Waals surface area contributed by atoms with Gasteiger partial charge in [-0.1, -0.05) is 0 Å². The van der Waals surface area contributed by atoms with Gasteiger partial charge in [0.15, 0.2) is 0 Å². The Balaban J connectivity index is 2.73. The van der Waals surface area contributed by atoms with Crippen molar-refractivity contribution in [3.05, 3.63) is 15.4 Å². The lowest BCUT2D eigenvalue weighted by Gasteiger charge is -2.18. The van der Waals surface area contributed by atoms with Gasteiger partial charge in [-0.25, -0.2) is 13.1 Å². The lowest BCUT2D eigenvalue weighted by atomic mass is 10.4. The first-order valence-corrected chi connectivity index (χ1v) is 8.94. The highest BCUT2D eigenvalue weighted by atomic mass is 79.9. The van der Waals surface area contributed by atoms with Crippen LogP contribution in [0, 0.1) is 6.92 Å². The van der Waals surface area contributed by atoms with E-state index in [2.05, 4.69) is 20.7 Å². The van der Waals surface area contributed by atoms with E-state index in [0.29, 0.717) is 13.1 Å². The highest BCUT2D eigenvalue weighted by molar-refractivity contribution is 9.11. The topological polar surface area (TPSA) is 66.5 Å². The van der Waals surface area contributed by atoms with Crippen LogP contribution >= 0.6 is 27.3 Å². The smallest absolute Gasteiger partial charge is 0.250 e. The molecule has 1 amide bonds. The lowest BCUT2D eigenvalue weighted by Crippen LogP contribution is -2.39. The summed E-state index contributed by atoms with van der Waals surface area (Å²) in [7, 11) is -3.62. The van der Waals surface area contributed by atoms with Gasteiger partial charge in [-0.15, -0.1) is 11.3 Å². The fraction of sp³-hybridized carbons (Fsp3) is 0.545. The molecule has 0 aliphatic rings. The van der Waals surface area contributed by atoms with Crippen molar-refractivity contribution in [1.29, 1.82) is 0 Å². The van der Waals surface area contributed by atoms with Crippen LogP contribution in [-0.2, 0) is 14.8 Å². The van der Waals surface area contributed by atoms with Crippen LogP contribution in [0.2, 0.25) is 0 Å². The fourth-order valence-electron chi connectivity index (χ4n) is 1.48. The molecule has 1 N–H and O–H groups in total. The zero-order valence-electron chi connectivity index (χ0n) is 11.1. The van der Waals surface area contributed by atoms with E-state index in [4.69, 9.17) is 0 Å². The largest absolute Gasteiger partial charge is 0.342 e. The molecule has 19 heavy (non-hydrogen) atoms. The van der Waals surface area contributed by atoms with Gasteiger partial charge in [-0.2, -0.15) is 0 Å². The fourth-order valence-corrected chi connectivity index (χ4v) is 4.72. The van der Waals surface area contributed by atoms with Crippen molar-refractivity contribution in [1.82, 2.24) is 9.62 Å². The molecule has 0 unspecified atom stereocenters. The molecule has 0 bridgehead atoms. The summed E-state index contributed by atoms with van der Waals surface area (Å²) in [5.41, 5.74) is 0.862. The zero-order valence-corrected chi connectivity index (χ0v) is 14.3. The maximum Gasteiger partial charge on any atom is 0.250 e. The van der Waals surface area contributed by atoms with Gasteiger partial charge in [-0.05, 0) is 48.3 Å². The molecule has 0 saturated carbocycles. The van der Waals surface area contributed by atoms with E-state index in [1.807, 2.05) is 20.8 Å². The third-order valence-electron chi connectivity index (χ3n) is 2.63. The molecule has 1 aromatic heterocycles. The van der Waals surface area contributed by atoms with Gasteiger partial charge in [-0.3, -0.25) is 4.79 Å². The third kappa shape index (κ3) is 4.27. The molecule has 1 rings (SSSR count). The van der Waals surface area contributed by atoms with Crippen molar-refractivity contribution < 1.29 is 13.2 Å². The quantitative estimate of drug-likeness (QED) is 0.834. The number of hydrogen-bond acceptors (Lipinski definition) is 4. The summed E-state index contributed by atoms with van der Waals surface area (Å²) in [6, 6.07) is 1.58. The van der Waals surface area contributed by atoms with E-state index >= 15 is 0 Å². The van der Waals surface area contributed by atoms with Crippen molar-refractivity contribution >= 4 is 43.2 Å². The number of amides is 1. The summed E-state index contributed by atoms with van der Waals surface area (Å²) >= 11 is 4.42. The molecular weight excluding hydrogens is 352 g/mol. The molecule has 1 heterocycles. The minimum atomic E-state index is -3.62. The van der Waals surface area contributed by atoms with Crippen LogP contribution in [0.5, 0.6) is 0 Å². The Hall–Kier alpha value is -0.440. The highest BCUT2D eigenvalue weighted by Crippen LogP contribution is 2.30. The van der Waals surface area contributed by atoms with E-state index in [-0.39, 0.29) is 16.7 Å². The number of nitrogens with one attached hydrogen (secondary N) is 1. The molecule has 0 aliphatic heterocycles. The molecule has 0 aromatic carbocycles. The van der Waals surface area contributed by atoms with Gasteiger partial charge in [0.1, 0.15) is 4.21 Å². The minimum absolute atomic E-state index is 0.210. The van der Waals surface area contributed by atoms with Gasteiger partial charge in [0, 0.05) is 13.1 Å². The minimum Gasteiger partial charge on any atom is -0.342 e. The first kappa shape index (κ1) is 16.6. The van der Waals surface area contributed by atoms with Crippen LogP contribution < -0.4 is 4.72 Å². The molecular formula is C11H17BrN2O3S2. The lowest BCUT2D eigenvalue weighted by molar-refractivity contribution is -0.129. The van der Waals surface area contributed by atoms with E-state index in [1.54, 1.807) is 11.0 Å². The van der Waals surface area contributed by atoms with Crippen LogP contribution in [0.25, 0.3) is 0 Å². The zero-order chi connectivity index (χ0) is 14.6. The number of carbonyl (C=O) groups is 1. The average molecular weight is 369 g/mol. The van der Waals surface area contributed by atoms with Crippen LogP contribution in [0.3, 0.4) is 0 Å². The van der Waals surface area contributed by atoms with Crippen LogP contribution in [0.15, 0.2) is 14.1 Å². The van der Waals surface area contributed by atoms with Crippen molar-refractivity contribution in [3.63, 3.8) is 0 Å². The molecule has 1 aromatic rings. The predicted octanol–water partition coefficient (Wildman–Crippen LogP) is 1.97. The monoisotopic (exact) mass is 368 g/mol. The first-order valence-electron chi connectivity index (χ1n) is 5.85. The Morgan fingerprint density at radius 2 is 2.00 bits per heavy atom. The molecule has 108 valence electrons. The normalized spacial score (nSPS) is 11.6. The molecule has 5 nitrogen and oxygen atoms in total. The number of sulfonamides is 1. The van der Waals surface area contributed by atoms with Crippen molar-refractivity contribution in [2.24, 2.45) is 0 Å². The third-order valence-corrected chi connectivity index (χ3v) is 6.64. The summed E-state index contributed by atoms with van der Waals surface area (Å²) in [6.07, 6.45) is 0. The van der Waals surface area contributed by atoms with E-state index in [9.17, 15) is 13.2 Å². The summed E-state index contributed by atoms with van der Waals surface area (Å²) in [5, 5.41) is 0. The maximum atomic E-state index is 12.0. The van der Waals surface area contributed by atoms with Crippen LogP contribution in [0.4, 0.5) is 0 Å². The average Bonchev–Trinajstić information content (AvgIpc) is 2.70. The van der Waals surface area contributed by atoms with Crippen LogP contribution in [-0.4, -0.2) is 38.9 Å².